The Balaban J connectivity index is 1.78. The van der Waals surface area contributed by atoms with Crippen molar-refractivity contribution in [1.29, 1.82) is 0 Å². The molecule has 26 heavy (non-hydrogen) atoms. The third-order valence-electron chi connectivity index (χ3n) is 4.80. The number of fused-ring (bicyclic) bond motifs is 1. The number of carbonyl (C=O) groups excluding carboxylic acids is 2. The minimum absolute atomic E-state index is 0.0542. The van der Waals surface area contributed by atoms with Gasteiger partial charge in [-0.15, -0.1) is 0 Å². The molecule has 0 saturated carbocycles. The summed E-state index contributed by atoms with van der Waals surface area (Å²) in [6.45, 7) is 11.3. The monoisotopic (exact) mass is 359 g/mol. The molecule has 1 atom stereocenters. The van der Waals surface area contributed by atoms with E-state index in [-0.39, 0.29) is 23.7 Å². The number of nitrogens with zero attached hydrogens (tertiary/aromatic N) is 1. The summed E-state index contributed by atoms with van der Waals surface area (Å²) in [5.41, 5.74) is 2.81. The van der Waals surface area contributed by atoms with Crippen LogP contribution >= 0.6 is 0 Å². The van der Waals surface area contributed by atoms with Gasteiger partial charge in [0.05, 0.1) is 0 Å². The molecule has 1 aromatic carbocycles. The van der Waals surface area contributed by atoms with Crippen molar-refractivity contribution >= 4 is 11.8 Å². The molecule has 0 radical (unpaired) electrons. The number of benzene rings is 1. The first-order valence-electron chi connectivity index (χ1n) is 9.73. The lowest BCUT2D eigenvalue weighted by molar-refractivity contribution is -0.130. The highest BCUT2D eigenvalue weighted by Gasteiger charge is 2.24. The van der Waals surface area contributed by atoms with Crippen LogP contribution in [0, 0.1) is 11.8 Å². The average molecular weight is 360 g/mol. The molecule has 1 aliphatic rings. The first kappa shape index (κ1) is 20.4. The Morgan fingerprint density at radius 3 is 2.46 bits per heavy atom. The summed E-state index contributed by atoms with van der Waals surface area (Å²) in [5, 5.41) is 5.88. The topological polar surface area (TPSA) is 61.4 Å². The summed E-state index contributed by atoms with van der Waals surface area (Å²) in [6, 6.07) is 8.08. The quantitative estimate of drug-likeness (QED) is 0.749. The van der Waals surface area contributed by atoms with Gasteiger partial charge < -0.3 is 10.6 Å². The van der Waals surface area contributed by atoms with Crippen molar-refractivity contribution in [2.45, 2.75) is 53.1 Å². The van der Waals surface area contributed by atoms with E-state index in [1.54, 1.807) is 0 Å². The van der Waals surface area contributed by atoms with Gasteiger partial charge in [0.2, 0.25) is 11.8 Å². The third kappa shape index (κ3) is 6.13. The van der Waals surface area contributed by atoms with Crippen LogP contribution in [-0.2, 0) is 22.6 Å². The molecule has 144 valence electrons. The van der Waals surface area contributed by atoms with E-state index < -0.39 is 6.04 Å². The van der Waals surface area contributed by atoms with Crippen molar-refractivity contribution in [3.63, 3.8) is 0 Å². The van der Waals surface area contributed by atoms with Gasteiger partial charge in [-0.05, 0) is 29.4 Å². The maximum Gasteiger partial charge on any atom is 0.242 e. The van der Waals surface area contributed by atoms with Crippen molar-refractivity contribution < 1.29 is 9.59 Å². The minimum Gasteiger partial charge on any atom is -0.353 e. The summed E-state index contributed by atoms with van der Waals surface area (Å²) < 4.78 is 0. The van der Waals surface area contributed by atoms with Crippen molar-refractivity contribution in [1.82, 2.24) is 15.5 Å². The van der Waals surface area contributed by atoms with Crippen LogP contribution in [0.25, 0.3) is 0 Å². The van der Waals surface area contributed by atoms with Gasteiger partial charge >= 0.3 is 0 Å². The van der Waals surface area contributed by atoms with Crippen LogP contribution in [-0.4, -0.2) is 42.4 Å². The molecule has 0 aliphatic carbocycles. The molecule has 1 heterocycles. The van der Waals surface area contributed by atoms with Gasteiger partial charge in [0, 0.05) is 32.6 Å². The molecule has 0 spiro atoms. The van der Waals surface area contributed by atoms with E-state index in [0.717, 1.165) is 26.1 Å². The van der Waals surface area contributed by atoms with E-state index >= 15 is 0 Å². The van der Waals surface area contributed by atoms with Crippen LogP contribution < -0.4 is 10.6 Å². The molecule has 0 saturated heterocycles. The van der Waals surface area contributed by atoms with E-state index in [1.165, 1.54) is 11.1 Å². The maximum absolute atomic E-state index is 12.5. The lowest BCUT2D eigenvalue weighted by Gasteiger charge is -2.29. The van der Waals surface area contributed by atoms with E-state index in [4.69, 9.17) is 0 Å². The molecule has 1 aromatic rings. The zero-order chi connectivity index (χ0) is 19.1. The number of nitrogens with one attached hydrogen (secondary N) is 2. The molecular weight excluding hydrogens is 326 g/mol. The Bertz CT molecular complexity index is 613. The zero-order valence-electron chi connectivity index (χ0n) is 16.5. The second-order valence-electron chi connectivity index (χ2n) is 7.97. The van der Waals surface area contributed by atoms with E-state index in [1.807, 2.05) is 27.7 Å². The standard InChI is InChI=1S/C21H33N3O2/c1-15(2)13-19(25)23-20(16(3)4)21(26)22-10-12-24-11-9-17-7-5-6-8-18(17)14-24/h5-8,15-16,20H,9-14H2,1-4H3,(H,22,26)(H,23,25). The summed E-state index contributed by atoms with van der Waals surface area (Å²) in [6.07, 6.45) is 1.51. The first-order chi connectivity index (χ1) is 12.4. The number of carbonyl (C=O) groups is 2. The predicted molar refractivity (Wildman–Crippen MR) is 105 cm³/mol. The number of hydrogen-bond donors (Lipinski definition) is 2. The first-order valence-corrected chi connectivity index (χ1v) is 9.73. The van der Waals surface area contributed by atoms with E-state index in [0.29, 0.717) is 13.0 Å². The molecule has 0 aromatic heterocycles. The molecule has 5 heteroatoms. The maximum atomic E-state index is 12.5. The van der Waals surface area contributed by atoms with E-state index in [9.17, 15) is 9.59 Å². The molecule has 1 unspecified atom stereocenters. The summed E-state index contributed by atoms with van der Waals surface area (Å²) in [5.74, 6) is 0.205. The third-order valence-corrected chi connectivity index (χ3v) is 4.80. The second-order valence-corrected chi connectivity index (χ2v) is 7.97. The van der Waals surface area contributed by atoms with Gasteiger partial charge in [0.25, 0.3) is 0 Å². The van der Waals surface area contributed by atoms with Crippen LogP contribution in [0.5, 0.6) is 0 Å². The fourth-order valence-electron chi connectivity index (χ4n) is 3.33. The Hall–Kier alpha value is -1.88. The second kappa shape index (κ2) is 9.72. The van der Waals surface area contributed by atoms with Gasteiger partial charge in [0.1, 0.15) is 6.04 Å². The molecule has 2 N–H and O–H groups in total. The Kier molecular flexibility index (Phi) is 7.64. The Labute approximate surface area is 157 Å². The highest BCUT2D eigenvalue weighted by atomic mass is 16.2. The highest BCUT2D eigenvalue weighted by Crippen LogP contribution is 2.17. The number of rotatable bonds is 8. The lowest BCUT2D eigenvalue weighted by atomic mass is 10.00. The van der Waals surface area contributed by atoms with Gasteiger partial charge in [-0.1, -0.05) is 52.0 Å². The van der Waals surface area contributed by atoms with Crippen LogP contribution in [0.15, 0.2) is 24.3 Å². The van der Waals surface area contributed by atoms with Crippen LogP contribution in [0.4, 0.5) is 0 Å². The summed E-state index contributed by atoms with van der Waals surface area (Å²) >= 11 is 0. The molecule has 2 amide bonds. The summed E-state index contributed by atoms with van der Waals surface area (Å²) in [7, 11) is 0. The average Bonchev–Trinajstić information content (AvgIpc) is 2.58. The Morgan fingerprint density at radius 2 is 1.81 bits per heavy atom. The summed E-state index contributed by atoms with van der Waals surface area (Å²) in [4.78, 5) is 26.9. The van der Waals surface area contributed by atoms with Crippen molar-refractivity contribution in [3.8, 4) is 0 Å². The lowest BCUT2D eigenvalue weighted by Crippen LogP contribution is -2.51. The van der Waals surface area contributed by atoms with E-state index in [2.05, 4.69) is 39.8 Å². The molecule has 1 aliphatic heterocycles. The minimum atomic E-state index is -0.469. The number of hydrogen-bond acceptors (Lipinski definition) is 3. The Morgan fingerprint density at radius 1 is 1.12 bits per heavy atom. The molecule has 2 rings (SSSR count). The SMILES string of the molecule is CC(C)CC(=O)NC(C(=O)NCCN1CCc2ccccc2C1)C(C)C. The van der Waals surface area contributed by atoms with Gasteiger partial charge in [-0.3, -0.25) is 14.5 Å². The van der Waals surface area contributed by atoms with Crippen LogP contribution in [0.2, 0.25) is 0 Å². The number of amides is 2. The van der Waals surface area contributed by atoms with Gasteiger partial charge in [-0.2, -0.15) is 0 Å². The predicted octanol–water partition coefficient (Wildman–Crippen LogP) is 2.35. The smallest absolute Gasteiger partial charge is 0.242 e. The molecule has 0 bridgehead atoms. The zero-order valence-corrected chi connectivity index (χ0v) is 16.5. The molecule has 5 nitrogen and oxygen atoms in total. The van der Waals surface area contributed by atoms with Gasteiger partial charge in [0.15, 0.2) is 0 Å². The highest BCUT2D eigenvalue weighted by molar-refractivity contribution is 5.87. The van der Waals surface area contributed by atoms with Gasteiger partial charge in [-0.25, -0.2) is 0 Å². The largest absolute Gasteiger partial charge is 0.353 e. The van der Waals surface area contributed by atoms with Crippen molar-refractivity contribution in [2.24, 2.45) is 11.8 Å². The molecular formula is C21H33N3O2. The fraction of sp³-hybridized carbons (Fsp3) is 0.619. The van der Waals surface area contributed by atoms with Crippen molar-refractivity contribution in [2.75, 3.05) is 19.6 Å². The van der Waals surface area contributed by atoms with Crippen molar-refractivity contribution in [3.05, 3.63) is 35.4 Å². The fourth-order valence-corrected chi connectivity index (χ4v) is 3.33. The van der Waals surface area contributed by atoms with Crippen LogP contribution in [0.3, 0.4) is 0 Å². The molecule has 0 fully saturated rings. The normalized spacial score (nSPS) is 15.6. The van der Waals surface area contributed by atoms with Crippen LogP contribution in [0.1, 0.15) is 45.2 Å².